The zero-order chi connectivity index (χ0) is 14.0. The summed E-state index contributed by atoms with van der Waals surface area (Å²) in [6.07, 6.45) is 8.52. The molecule has 4 aliphatic carbocycles. The van der Waals surface area contributed by atoms with E-state index in [1.807, 2.05) is 0 Å². The third-order valence-electron chi connectivity index (χ3n) is 6.64. The summed E-state index contributed by atoms with van der Waals surface area (Å²) in [7, 11) is 0. The minimum atomic E-state index is -0.0246. The standard InChI is InChI=1S/C17H27NO2/c1-16-5-13-4-14(6-16)8-17(7-13,11-16)15(20)18-3-2-12(9-18)10-19/h12-14,19H,2-11H2,1H3. The maximum atomic E-state index is 13.1. The number of nitrogens with zero attached hydrogens (tertiary/aromatic N) is 1. The van der Waals surface area contributed by atoms with Gasteiger partial charge in [-0.25, -0.2) is 0 Å². The van der Waals surface area contributed by atoms with Gasteiger partial charge in [0.05, 0.1) is 5.41 Å². The number of aliphatic hydroxyl groups excluding tert-OH is 1. The molecule has 5 fully saturated rings. The van der Waals surface area contributed by atoms with Crippen LogP contribution in [0.15, 0.2) is 0 Å². The van der Waals surface area contributed by atoms with E-state index in [2.05, 4.69) is 11.8 Å². The Morgan fingerprint density at radius 3 is 2.50 bits per heavy atom. The summed E-state index contributed by atoms with van der Waals surface area (Å²) in [6.45, 7) is 4.33. The van der Waals surface area contributed by atoms with Gasteiger partial charge in [0.1, 0.15) is 0 Å². The van der Waals surface area contributed by atoms with Crippen molar-refractivity contribution in [2.24, 2.45) is 28.6 Å². The summed E-state index contributed by atoms with van der Waals surface area (Å²) < 4.78 is 0. The molecule has 5 rings (SSSR count). The number of hydrogen-bond acceptors (Lipinski definition) is 2. The van der Waals surface area contributed by atoms with Gasteiger partial charge in [0.25, 0.3) is 0 Å². The average Bonchev–Trinajstić information content (AvgIpc) is 2.83. The molecule has 3 heteroatoms. The summed E-state index contributed by atoms with van der Waals surface area (Å²) in [4.78, 5) is 15.2. The van der Waals surface area contributed by atoms with Crippen LogP contribution < -0.4 is 0 Å². The van der Waals surface area contributed by atoms with Gasteiger partial charge in [-0.15, -0.1) is 0 Å². The number of carbonyl (C=O) groups excluding carboxylic acids is 1. The molecular weight excluding hydrogens is 250 g/mol. The smallest absolute Gasteiger partial charge is 0.228 e. The first-order chi connectivity index (χ1) is 9.52. The molecule has 3 unspecified atom stereocenters. The summed E-state index contributed by atoms with van der Waals surface area (Å²) in [6, 6.07) is 0. The van der Waals surface area contributed by atoms with Crippen LogP contribution in [0.5, 0.6) is 0 Å². The number of likely N-dealkylation sites (tertiary alicyclic amines) is 1. The molecule has 0 radical (unpaired) electrons. The van der Waals surface area contributed by atoms with Crippen LogP contribution in [0.3, 0.4) is 0 Å². The second-order valence-corrected chi connectivity index (χ2v) is 8.64. The van der Waals surface area contributed by atoms with Crippen LogP contribution in [0.2, 0.25) is 0 Å². The highest BCUT2D eigenvalue weighted by Gasteiger charge is 2.59. The van der Waals surface area contributed by atoms with Crippen LogP contribution in [-0.2, 0) is 4.79 Å². The Morgan fingerprint density at radius 2 is 1.95 bits per heavy atom. The van der Waals surface area contributed by atoms with Crippen LogP contribution >= 0.6 is 0 Å². The largest absolute Gasteiger partial charge is 0.396 e. The normalized spacial score (nSPS) is 49.9. The summed E-state index contributed by atoms with van der Waals surface area (Å²) in [5.74, 6) is 2.38. The number of amides is 1. The lowest BCUT2D eigenvalue weighted by Gasteiger charge is -2.61. The molecular formula is C17H27NO2. The Morgan fingerprint density at radius 1 is 1.25 bits per heavy atom. The minimum absolute atomic E-state index is 0.0246. The van der Waals surface area contributed by atoms with Gasteiger partial charge in [0.15, 0.2) is 0 Å². The van der Waals surface area contributed by atoms with E-state index in [1.54, 1.807) is 0 Å². The molecule has 0 spiro atoms. The van der Waals surface area contributed by atoms with Crippen molar-refractivity contribution in [3.05, 3.63) is 0 Å². The third kappa shape index (κ3) is 1.85. The number of aliphatic hydroxyl groups is 1. The lowest BCUT2D eigenvalue weighted by atomic mass is 9.44. The first-order valence-electron chi connectivity index (χ1n) is 8.42. The SMILES string of the molecule is CC12CC3CC(C1)CC(C(=O)N1CCC(CO)C1)(C3)C2. The van der Waals surface area contributed by atoms with E-state index in [-0.39, 0.29) is 12.0 Å². The molecule has 0 aromatic heterocycles. The number of hydrogen-bond donors (Lipinski definition) is 1. The minimum Gasteiger partial charge on any atom is -0.396 e. The molecule has 0 aromatic rings. The molecule has 5 aliphatic rings. The molecule has 3 nitrogen and oxygen atoms in total. The Kier molecular flexibility index (Phi) is 2.77. The monoisotopic (exact) mass is 277 g/mol. The van der Waals surface area contributed by atoms with E-state index in [4.69, 9.17) is 0 Å². The van der Waals surface area contributed by atoms with Gasteiger partial charge in [0.2, 0.25) is 5.91 Å². The van der Waals surface area contributed by atoms with Gasteiger partial charge in [-0.05, 0) is 62.2 Å². The predicted octanol–water partition coefficient (Wildman–Crippen LogP) is 2.43. The highest BCUT2D eigenvalue weighted by Crippen LogP contribution is 2.65. The fourth-order valence-corrected chi connectivity index (χ4v) is 6.47. The van der Waals surface area contributed by atoms with Crippen molar-refractivity contribution in [1.82, 2.24) is 4.90 Å². The van der Waals surface area contributed by atoms with E-state index in [9.17, 15) is 9.90 Å². The van der Waals surface area contributed by atoms with Crippen molar-refractivity contribution < 1.29 is 9.90 Å². The molecule has 1 saturated heterocycles. The Labute approximate surface area is 121 Å². The van der Waals surface area contributed by atoms with Crippen molar-refractivity contribution >= 4 is 5.91 Å². The van der Waals surface area contributed by atoms with E-state index in [1.165, 1.54) is 19.3 Å². The van der Waals surface area contributed by atoms with Gasteiger partial charge in [-0.2, -0.15) is 0 Å². The summed E-state index contributed by atoms with van der Waals surface area (Å²) in [5.41, 5.74) is 0.416. The molecule has 112 valence electrons. The first-order valence-corrected chi connectivity index (χ1v) is 8.42. The maximum Gasteiger partial charge on any atom is 0.228 e. The van der Waals surface area contributed by atoms with E-state index < -0.39 is 0 Å². The van der Waals surface area contributed by atoms with Crippen LogP contribution in [0.4, 0.5) is 0 Å². The molecule has 1 aliphatic heterocycles. The van der Waals surface area contributed by atoms with E-state index in [0.717, 1.165) is 50.6 Å². The van der Waals surface area contributed by atoms with Gasteiger partial charge in [0, 0.05) is 25.6 Å². The second kappa shape index (κ2) is 4.22. The molecule has 1 N–H and O–H groups in total. The molecule has 1 amide bonds. The van der Waals surface area contributed by atoms with Crippen molar-refractivity contribution in [2.45, 2.75) is 51.9 Å². The Bertz CT molecular complexity index is 419. The topological polar surface area (TPSA) is 40.5 Å². The quantitative estimate of drug-likeness (QED) is 0.842. The third-order valence-corrected chi connectivity index (χ3v) is 6.64. The van der Waals surface area contributed by atoms with Crippen molar-refractivity contribution in [3.63, 3.8) is 0 Å². The Balaban J connectivity index is 1.57. The van der Waals surface area contributed by atoms with Crippen LogP contribution in [-0.4, -0.2) is 35.6 Å². The van der Waals surface area contributed by atoms with Crippen LogP contribution in [0.1, 0.15) is 51.9 Å². The van der Waals surface area contributed by atoms with Crippen LogP contribution in [0, 0.1) is 28.6 Å². The molecule has 20 heavy (non-hydrogen) atoms. The number of rotatable bonds is 2. The van der Waals surface area contributed by atoms with E-state index in [0.29, 0.717) is 17.2 Å². The lowest BCUT2D eigenvalue weighted by Crippen LogP contribution is -2.57. The zero-order valence-corrected chi connectivity index (χ0v) is 12.6. The highest BCUT2D eigenvalue weighted by atomic mass is 16.3. The molecule has 4 bridgehead atoms. The number of carbonyl (C=O) groups is 1. The Hall–Kier alpha value is -0.570. The van der Waals surface area contributed by atoms with E-state index >= 15 is 0 Å². The lowest BCUT2D eigenvalue weighted by molar-refractivity contribution is -0.165. The first kappa shape index (κ1) is 13.1. The van der Waals surface area contributed by atoms with Crippen molar-refractivity contribution in [3.8, 4) is 0 Å². The second-order valence-electron chi connectivity index (χ2n) is 8.64. The summed E-state index contributed by atoms with van der Waals surface area (Å²) >= 11 is 0. The predicted molar refractivity (Wildman–Crippen MR) is 77.0 cm³/mol. The van der Waals surface area contributed by atoms with Crippen molar-refractivity contribution in [2.75, 3.05) is 19.7 Å². The molecule has 4 saturated carbocycles. The fourth-order valence-electron chi connectivity index (χ4n) is 6.47. The van der Waals surface area contributed by atoms with Gasteiger partial charge < -0.3 is 10.0 Å². The molecule has 0 aromatic carbocycles. The van der Waals surface area contributed by atoms with Crippen molar-refractivity contribution in [1.29, 1.82) is 0 Å². The average molecular weight is 277 g/mol. The summed E-state index contributed by atoms with van der Waals surface area (Å²) in [5, 5.41) is 9.30. The van der Waals surface area contributed by atoms with Gasteiger partial charge >= 0.3 is 0 Å². The highest BCUT2D eigenvalue weighted by molar-refractivity contribution is 5.83. The zero-order valence-electron chi connectivity index (χ0n) is 12.6. The van der Waals surface area contributed by atoms with Crippen LogP contribution in [0.25, 0.3) is 0 Å². The van der Waals surface area contributed by atoms with Gasteiger partial charge in [-0.3, -0.25) is 4.79 Å². The fraction of sp³-hybridized carbons (Fsp3) is 0.941. The maximum absolute atomic E-state index is 13.1. The van der Waals surface area contributed by atoms with Gasteiger partial charge in [-0.1, -0.05) is 6.92 Å². The molecule has 3 atom stereocenters. The molecule has 1 heterocycles.